The second-order valence-corrected chi connectivity index (χ2v) is 7.94. The van der Waals surface area contributed by atoms with E-state index in [4.69, 9.17) is 17.3 Å². The number of pyridine rings is 1. The van der Waals surface area contributed by atoms with Crippen LogP contribution in [0.15, 0.2) is 17.1 Å². The third-order valence-electron chi connectivity index (χ3n) is 5.78. The van der Waals surface area contributed by atoms with Crippen molar-refractivity contribution in [2.24, 2.45) is 11.7 Å². The van der Waals surface area contributed by atoms with E-state index < -0.39 is 35.0 Å². The molecule has 2 fully saturated rings. The SMILES string of the molecule is CCC1CN(c2c(F)cc3c(=O)c(C(=O)O)cn([C@@H]4C[C@@H]4F)c3c2Cl)C[C@H]1N. The van der Waals surface area contributed by atoms with Crippen LogP contribution in [-0.2, 0) is 0 Å². The van der Waals surface area contributed by atoms with E-state index in [-0.39, 0.29) is 40.0 Å². The molecule has 4 rings (SSSR count). The summed E-state index contributed by atoms with van der Waals surface area (Å²) in [7, 11) is 0. The summed E-state index contributed by atoms with van der Waals surface area (Å²) >= 11 is 6.54. The summed E-state index contributed by atoms with van der Waals surface area (Å²) in [5, 5.41) is 9.13. The van der Waals surface area contributed by atoms with Crippen LogP contribution in [0, 0.1) is 11.7 Å². The van der Waals surface area contributed by atoms with Crippen molar-refractivity contribution in [2.45, 2.75) is 38.0 Å². The van der Waals surface area contributed by atoms with Crippen molar-refractivity contribution in [1.82, 2.24) is 4.57 Å². The maximum atomic E-state index is 15.0. The standard InChI is InChI=1S/C19H20ClF2N3O3/c1-2-8-5-24(7-13(8)23)17-12(22)3-9-16(15(17)20)25(14-4-11(14)21)6-10(18(9)26)19(27)28/h3,6,8,11,13-14H,2,4-5,7,23H2,1H3,(H,27,28)/t8?,11-,13+,14+/m0/s1. The van der Waals surface area contributed by atoms with Gasteiger partial charge in [-0.3, -0.25) is 4.79 Å². The Morgan fingerprint density at radius 3 is 2.64 bits per heavy atom. The van der Waals surface area contributed by atoms with Gasteiger partial charge >= 0.3 is 5.97 Å². The van der Waals surface area contributed by atoms with Gasteiger partial charge in [-0.2, -0.15) is 0 Å². The number of benzene rings is 1. The molecule has 1 aromatic carbocycles. The Kier molecular flexibility index (Phi) is 4.58. The van der Waals surface area contributed by atoms with Gasteiger partial charge in [-0.05, 0) is 12.0 Å². The molecule has 0 spiro atoms. The van der Waals surface area contributed by atoms with E-state index >= 15 is 0 Å². The van der Waals surface area contributed by atoms with E-state index in [1.807, 2.05) is 6.92 Å². The highest BCUT2D eigenvalue weighted by atomic mass is 35.5. The summed E-state index contributed by atoms with van der Waals surface area (Å²) in [6, 6.07) is 0.245. The second-order valence-electron chi connectivity index (χ2n) is 7.56. The number of nitrogens with zero attached hydrogens (tertiary/aromatic N) is 2. The first-order valence-corrected chi connectivity index (χ1v) is 9.57. The van der Waals surface area contributed by atoms with Gasteiger partial charge in [-0.1, -0.05) is 24.9 Å². The summed E-state index contributed by atoms with van der Waals surface area (Å²) in [5.74, 6) is -1.99. The first-order chi connectivity index (χ1) is 13.2. The second kappa shape index (κ2) is 6.70. The fourth-order valence-corrected chi connectivity index (χ4v) is 4.50. The van der Waals surface area contributed by atoms with Crippen molar-refractivity contribution in [1.29, 1.82) is 0 Å². The monoisotopic (exact) mass is 411 g/mol. The van der Waals surface area contributed by atoms with Crippen molar-refractivity contribution >= 4 is 34.2 Å². The molecular weight excluding hydrogens is 392 g/mol. The third-order valence-corrected chi connectivity index (χ3v) is 6.14. The van der Waals surface area contributed by atoms with Gasteiger partial charge in [0.1, 0.15) is 17.6 Å². The highest BCUT2D eigenvalue weighted by Gasteiger charge is 2.41. The Balaban J connectivity index is 1.97. The first-order valence-electron chi connectivity index (χ1n) is 9.19. The molecule has 6 nitrogen and oxygen atoms in total. The zero-order valence-corrected chi connectivity index (χ0v) is 15.9. The minimum atomic E-state index is -1.45. The van der Waals surface area contributed by atoms with Gasteiger partial charge in [0.15, 0.2) is 0 Å². The van der Waals surface area contributed by atoms with Crippen LogP contribution >= 0.6 is 11.6 Å². The zero-order valence-electron chi connectivity index (χ0n) is 15.2. The van der Waals surface area contributed by atoms with Crippen LogP contribution in [0.5, 0.6) is 0 Å². The predicted octanol–water partition coefficient (Wildman–Crippen LogP) is 2.95. The summed E-state index contributed by atoms with van der Waals surface area (Å²) < 4.78 is 30.1. The number of carbonyl (C=O) groups is 1. The van der Waals surface area contributed by atoms with Gasteiger partial charge in [-0.25, -0.2) is 13.6 Å². The van der Waals surface area contributed by atoms with Gasteiger partial charge in [0.2, 0.25) is 5.43 Å². The molecular formula is C19H20ClF2N3O3. The van der Waals surface area contributed by atoms with Crippen LogP contribution in [-0.4, -0.2) is 40.9 Å². The van der Waals surface area contributed by atoms with Gasteiger partial charge in [0.25, 0.3) is 0 Å². The highest BCUT2D eigenvalue weighted by molar-refractivity contribution is 6.38. The quantitative estimate of drug-likeness (QED) is 0.807. The van der Waals surface area contributed by atoms with Crippen molar-refractivity contribution in [3.63, 3.8) is 0 Å². The highest BCUT2D eigenvalue weighted by Crippen LogP contribution is 2.44. The number of anilines is 1. The molecule has 0 radical (unpaired) electrons. The molecule has 28 heavy (non-hydrogen) atoms. The van der Waals surface area contributed by atoms with Crippen molar-refractivity contribution in [3.05, 3.63) is 38.9 Å². The van der Waals surface area contributed by atoms with Crippen molar-refractivity contribution < 1.29 is 18.7 Å². The number of nitrogens with two attached hydrogens (primary N) is 1. The number of alkyl halides is 1. The Bertz CT molecular complexity index is 1040. The maximum absolute atomic E-state index is 15.0. The number of carboxylic acid groups (broad SMARTS) is 1. The predicted molar refractivity (Wildman–Crippen MR) is 103 cm³/mol. The van der Waals surface area contributed by atoms with E-state index in [0.717, 1.165) is 18.7 Å². The van der Waals surface area contributed by atoms with Gasteiger partial charge in [-0.15, -0.1) is 0 Å². The van der Waals surface area contributed by atoms with Crippen LogP contribution in [0.1, 0.15) is 36.2 Å². The van der Waals surface area contributed by atoms with Crippen LogP contribution in [0.4, 0.5) is 14.5 Å². The lowest BCUT2D eigenvalue weighted by Crippen LogP contribution is -2.29. The van der Waals surface area contributed by atoms with E-state index in [1.165, 1.54) is 4.57 Å². The number of hydrogen-bond acceptors (Lipinski definition) is 4. The smallest absolute Gasteiger partial charge is 0.341 e. The minimum Gasteiger partial charge on any atom is -0.477 e. The Hall–Kier alpha value is -2.19. The Labute approximate surface area is 164 Å². The Morgan fingerprint density at radius 1 is 1.43 bits per heavy atom. The van der Waals surface area contributed by atoms with Gasteiger partial charge < -0.3 is 20.3 Å². The maximum Gasteiger partial charge on any atom is 0.341 e. The molecule has 1 aromatic heterocycles. The van der Waals surface area contributed by atoms with Crippen LogP contribution in [0.25, 0.3) is 10.9 Å². The zero-order chi connectivity index (χ0) is 20.3. The average Bonchev–Trinajstić information content (AvgIpc) is 3.24. The van der Waals surface area contributed by atoms with E-state index in [9.17, 15) is 23.5 Å². The molecule has 150 valence electrons. The van der Waals surface area contributed by atoms with E-state index in [2.05, 4.69) is 0 Å². The number of hydrogen-bond donors (Lipinski definition) is 2. The number of rotatable bonds is 4. The number of aromatic carboxylic acids is 1. The summed E-state index contributed by atoms with van der Waals surface area (Å²) in [4.78, 5) is 25.8. The average molecular weight is 412 g/mol. The molecule has 0 bridgehead atoms. The lowest BCUT2D eigenvalue weighted by molar-refractivity contribution is 0.0694. The van der Waals surface area contributed by atoms with E-state index in [1.54, 1.807) is 4.90 Å². The fraction of sp³-hybridized carbons (Fsp3) is 0.474. The third kappa shape index (κ3) is 2.86. The molecule has 0 amide bonds. The largest absolute Gasteiger partial charge is 0.477 e. The molecule has 1 unspecified atom stereocenters. The lowest BCUT2D eigenvalue weighted by atomic mass is 10.0. The molecule has 1 aliphatic heterocycles. The van der Waals surface area contributed by atoms with E-state index in [0.29, 0.717) is 13.1 Å². The molecule has 1 saturated heterocycles. The van der Waals surface area contributed by atoms with Crippen LogP contribution in [0.3, 0.4) is 0 Å². The topological polar surface area (TPSA) is 88.6 Å². The van der Waals surface area contributed by atoms with Crippen molar-refractivity contribution in [2.75, 3.05) is 18.0 Å². The fourth-order valence-electron chi connectivity index (χ4n) is 4.09. The first kappa shape index (κ1) is 19.1. The summed E-state index contributed by atoms with van der Waals surface area (Å²) in [6.07, 6.45) is 0.964. The molecule has 1 aliphatic carbocycles. The molecule has 4 atom stereocenters. The molecule has 9 heteroatoms. The van der Waals surface area contributed by atoms with Crippen LogP contribution in [0.2, 0.25) is 5.02 Å². The normalized spacial score (nSPS) is 26.8. The van der Waals surface area contributed by atoms with Crippen LogP contribution < -0.4 is 16.1 Å². The number of carboxylic acids is 1. The molecule has 3 N–H and O–H groups in total. The molecule has 2 aromatic rings. The van der Waals surface area contributed by atoms with Gasteiger partial charge in [0.05, 0.1) is 27.7 Å². The molecule has 1 saturated carbocycles. The summed E-state index contributed by atoms with van der Waals surface area (Å²) in [5.41, 5.74) is 5.03. The molecule has 2 heterocycles. The Morgan fingerprint density at radius 2 is 2.11 bits per heavy atom. The lowest BCUT2D eigenvalue weighted by Gasteiger charge is -2.23. The molecule has 2 aliphatic rings. The van der Waals surface area contributed by atoms with Gasteiger partial charge in [0, 0.05) is 31.7 Å². The minimum absolute atomic E-state index is 0.0212. The number of fused-ring (bicyclic) bond motifs is 1. The number of aromatic nitrogens is 1. The summed E-state index contributed by atoms with van der Waals surface area (Å²) in [6.45, 7) is 2.94. The van der Waals surface area contributed by atoms with Crippen molar-refractivity contribution in [3.8, 4) is 0 Å². The number of halogens is 3.